The van der Waals surface area contributed by atoms with Crippen molar-refractivity contribution in [1.29, 1.82) is 0 Å². The molecule has 33 heavy (non-hydrogen) atoms. The number of aliphatic hydroxyl groups is 1. The van der Waals surface area contributed by atoms with Crippen LogP contribution in [-0.2, 0) is 25.7 Å². The van der Waals surface area contributed by atoms with Gasteiger partial charge in [-0.1, -0.05) is 17.7 Å². The molecule has 3 aliphatic heterocycles. The van der Waals surface area contributed by atoms with Gasteiger partial charge in [-0.25, -0.2) is 4.39 Å². The molecule has 2 unspecified atom stereocenters. The van der Waals surface area contributed by atoms with E-state index in [-0.39, 0.29) is 49.4 Å². The van der Waals surface area contributed by atoms with Crippen LogP contribution in [0.15, 0.2) is 29.5 Å². The number of carbonyl (C=O) groups excluding carboxylic acids is 4. The van der Waals surface area contributed by atoms with Crippen molar-refractivity contribution in [2.75, 3.05) is 26.2 Å². The molecule has 0 bridgehead atoms. The maximum absolute atomic E-state index is 13.5. The Hall–Kier alpha value is -2.78. The number of β-amino-alcohol motifs (C(OH)–C–C–N with tert-alkyl or cyclic N) is 1. The normalized spacial score (nSPS) is 24.1. The molecule has 8 nitrogen and oxygen atoms in total. The van der Waals surface area contributed by atoms with Gasteiger partial charge in [-0.05, 0) is 49.5 Å². The lowest BCUT2D eigenvalue weighted by Gasteiger charge is -2.44. The van der Waals surface area contributed by atoms with Gasteiger partial charge in [-0.3, -0.25) is 24.1 Å². The summed E-state index contributed by atoms with van der Waals surface area (Å²) in [6, 6.07) is 3.77. The summed E-state index contributed by atoms with van der Waals surface area (Å²) < 4.78 is 13.5. The molecule has 10 heteroatoms. The molecule has 176 valence electrons. The predicted octanol–water partition coefficient (Wildman–Crippen LogP) is 1.50. The molecule has 0 spiro atoms. The van der Waals surface area contributed by atoms with Gasteiger partial charge in [-0.15, -0.1) is 0 Å². The van der Waals surface area contributed by atoms with E-state index in [4.69, 9.17) is 11.6 Å². The van der Waals surface area contributed by atoms with Crippen molar-refractivity contribution in [3.05, 3.63) is 45.9 Å². The molecule has 1 aromatic rings. The number of halogens is 2. The van der Waals surface area contributed by atoms with Gasteiger partial charge >= 0.3 is 0 Å². The van der Waals surface area contributed by atoms with Gasteiger partial charge in [0.05, 0.1) is 11.6 Å². The highest BCUT2D eigenvalue weighted by Crippen LogP contribution is 2.37. The molecule has 1 N–H and O–H groups in total. The first kappa shape index (κ1) is 23.4. The Labute approximate surface area is 195 Å². The number of ketones is 1. The van der Waals surface area contributed by atoms with Crippen LogP contribution < -0.4 is 0 Å². The lowest BCUT2D eigenvalue weighted by Crippen LogP contribution is -2.58. The second kappa shape index (κ2) is 9.23. The van der Waals surface area contributed by atoms with Crippen LogP contribution in [0.1, 0.15) is 31.7 Å². The van der Waals surface area contributed by atoms with Crippen molar-refractivity contribution in [3.63, 3.8) is 0 Å². The second-order valence-electron chi connectivity index (χ2n) is 8.61. The number of likely N-dealkylation sites (tertiary alicyclic amines) is 1. The van der Waals surface area contributed by atoms with Crippen LogP contribution in [0, 0.1) is 11.7 Å². The fraction of sp³-hybridized carbons (Fsp3) is 0.478. The third-order valence-electron chi connectivity index (χ3n) is 6.50. The number of benzene rings is 1. The van der Waals surface area contributed by atoms with E-state index in [2.05, 4.69) is 0 Å². The van der Waals surface area contributed by atoms with Crippen molar-refractivity contribution in [2.24, 2.45) is 5.92 Å². The highest BCUT2D eigenvalue weighted by molar-refractivity contribution is 6.43. The zero-order valence-corrected chi connectivity index (χ0v) is 19.0. The molecule has 0 aromatic heterocycles. The molecular formula is C23H25ClFN3O5. The molecule has 1 aromatic carbocycles. The molecule has 2 saturated heterocycles. The smallest absolute Gasteiger partial charge is 0.295 e. The Morgan fingerprint density at radius 3 is 2.58 bits per heavy atom. The number of piperidine rings is 1. The van der Waals surface area contributed by atoms with Crippen LogP contribution in [0.4, 0.5) is 4.39 Å². The zero-order valence-electron chi connectivity index (χ0n) is 18.2. The van der Waals surface area contributed by atoms with E-state index in [0.717, 1.165) is 0 Å². The SMILES string of the molecule is CC1CCCN(CCO)C(=O)C2=C3CCN(Cc4ccc(F)c(Cl)c4)C(=O)C3C(=O)C(=O)N21. The van der Waals surface area contributed by atoms with Crippen LogP contribution >= 0.6 is 11.6 Å². The summed E-state index contributed by atoms with van der Waals surface area (Å²) in [6.45, 7) is 2.43. The Bertz CT molecular complexity index is 1060. The van der Waals surface area contributed by atoms with Crippen LogP contribution in [0.5, 0.6) is 0 Å². The minimum Gasteiger partial charge on any atom is -0.395 e. The third kappa shape index (κ3) is 4.15. The third-order valence-corrected chi connectivity index (χ3v) is 6.79. The average molecular weight is 478 g/mol. The van der Waals surface area contributed by atoms with Gasteiger partial charge in [0, 0.05) is 32.2 Å². The van der Waals surface area contributed by atoms with Crippen molar-refractivity contribution < 1.29 is 28.7 Å². The Kier molecular flexibility index (Phi) is 6.54. The molecule has 0 aliphatic carbocycles. The number of fused-ring (bicyclic) bond motifs is 2. The molecule has 2 fully saturated rings. The molecule has 0 radical (unpaired) electrons. The van der Waals surface area contributed by atoms with E-state index in [9.17, 15) is 28.7 Å². The summed E-state index contributed by atoms with van der Waals surface area (Å²) in [5, 5.41) is 9.32. The molecule has 3 aliphatic rings. The number of rotatable bonds is 4. The van der Waals surface area contributed by atoms with Crippen LogP contribution in [0.3, 0.4) is 0 Å². The molecule has 3 heterocycles. The van der Waals surface area contributed by atoms with E-state index < -0.39 is 35.2 Å². The van der Waals surface area contributed by atoms with E-state index in [1.807, 2.05) is 0 Å². The minimum absolute atomic E-state index is 0.0718. The number of nitrogens with zero attached hydrogens (tertiary/aromatic N) is 3. The highest BCUT2D eigenvalue weighted by Gasteiger charge is 2.51. The number of hydrogen-bond donors (Lipinski definition) is 1. The quantitative estimate of drug-likeness (QED) is 0.523. The number of amides is 3. The standard InChI is InChI=1S/C23H25ClFN3O5/c1-13-3-2-7-26(9-10-29)22(32)19-15-6-8-27(12-14-4-5-17(25)16(24)11-14)21(31)18(15)20(30)23(33)28(13)19/h4-5,11,13,18,29H,2-3,6-10,12H2,1H3. The highest BCUT2D eigenvalue weighted by atomic mass is 35.5. The first-order valence-electron chi connectivity index (χ1n) is 11.0. The van der Waals surface area contributed by atoms with Gasteiger partial charge in [0.1, 0.15) is 17.4 Å². The van der Waals surface area contributed by atoms with Gasteiger partial charge in [-0.2, -0.15) is 0 Å². The van der Waals surface area contributed by atoms with Crippen LogP contribution in [0.25, 0.3) is 0 Å². The molecule has 2 atom stereocenters. The van der Waals surface area contributed by atoms with Crippen molar-refractivity contribution in [1.82, 2.24) is 14.7 Å². The number of hydrogen-bond acceptors (Lipinski definition) is 5. The summed E-state index contributed by atoms with van der Waals surface area (Å²) in [5.41, 5.74) is 1.05. The van der Waals surface area contributed by atoms with E-state index >= 15 is 0 Å². The fourth-order valence-corrected chi connectivity index (χ4v) is 5.04. The maximum Gasteiger partial charge on any atom is 0.295 e. The number of aliphatic hydroxyl groups excluding tert-OH is 1. The molecule has 0 saturated carbocycles. The van der Waals surface area contributed by atoms with Crippen LogP contribution in [-0.4, -0.2) is 75.6 Å². The van der Waals surface area contributed by atoms with Crippen molar-refractivity contribution in [3.8, 4) is 0 Å². The topological polar surface area (TPSA) is 98.2 Å². The molecule has 4 rings (SSSR count). The minimum atomic E-state index is -1.35. The summed E-state index contributed by atoms with van der Waals surface area (Å²) in [6.07, 6.45) is 1.46. The fourth-order valence-electron chi connectivity index (χ4n) is 4.83. The Balaban J connectivity index is 1.71. The summed E-state index contributed by atoms with van der Waals surface area (Å²) >= 11 is 5.84. The first-order chi connectivity index (χ1) is 15.7. The lowest BCUT2D eigenvalue weighted by molar-refractivity contribution is -0.155. The van der Waals surface area contributed by atoms with Gasteiger partial charge < -0.3 is 14.9 Å². The summed E-state index contributed by atoms with van der Waals surface area (Å²) in [7, 11) is 0. The van der Waals surface area contributed by atoms with E-state index in [0.29, 0.717) is 30.5 Å². The summed E-state index contributed by atoms with van der Waals surface area (Å²) in [5.74, 6) is -4.61. The maximum atomic E-state index is 13.5. The van der Waals surface area contributed by atoms with E-state index in [1.54, 1.807) is 6.92 Å². The Morgan fingerprint density at radius 2 is 1.88 bits per heavy atom. The summed E-state index contributed by atoms with van der Waals surface area (Å²) in [4.78, 5) is 57.0. The van der Waals surface area contributed by atoms with E-state index in [1.165, 1.54) is 32.9 Å². The van der Waals surface area contributed by atoms with Crippen molar-refractivity contribution in [2.45, 2.75) is 38.8 Å². The average Bonchev–Trinajstić information content (AvgIpc) is 2.78. The first-order valence-corrected chi connectivity index (χ1v) is 11.4. The monoisotopic (exact) mass is 477 g/mol. The predicted molar refractivity (Wildman–Crippen MR) is 116 cm³/mol. The van der Waals surface area contributed by atoms with Gasteiger partial charge in [0.2, 0.25) is 11.7 Å². The number of Topliss-reactive ketones (excluding diaryl/α,β-unsaturated/α-hetero) is 1. The van der Waals surface area contributed by atoms with Crippen LogP contribution in [0.2, 0.25) is 5.02 Å². The second-order valence-corrected chi connectivity index (χ2v) is 9.02. The van der Waals surface area contributed by atoms with Gasteiger partial charge in [0.15, 0.2) is 0 Å². The zero-order chi connectivity index (χ0) is 23.9. The Morgan fingerprint density at radius 1 is 1.12 bits per heavy atom. The lowest BCUT2D eigenvalue weighted by atomic mass is 9.80. The largest absolute Gasteiger partial charge is 0.395 e. The van der Waals surface area contributed by atoms with Gasteiger partial charge in [0.25, 0.3) is 11.8 Å². The molecule has 3 amide bonds. The number of carbonyl (C=O) groups is 4. The van der Waals surface area contributed by atoms with Crippen molar-refractivity contribution >= 4 is 35.1 Å². The molecular weight excluding hydrogens is 453 g/mol.